The molecule has 0 aromatic carbocycles. The van der Waals surface area contributed by atoms with Crippen LogP contribution in [0.15, 0.2) is 12.1 Å². The van der Waals surface area contributed by atoms with Crippen LogP contribution in [0.4, 0.5) is 5.82 Å². The van der Waals surface area contributed by atoms with Crippen molar-refractivity contribution in [3.05, 3.63) is 22.8 Å². The van der Waals surface area contributed by atoms with Crippen LogP contribution in [0.3, 0.4) is 0 Å². The number of aromatic nitrogens is 1. The van der Waals surface area contributed by atoms with E-state index in [4.69, 9.17) is 22.2 Å². The summed E-state index contributed by atoms with van der Waals surface area (Å²) in [4.78, 5) is 15.8. The molecule has 0 aliphatic heterocycles. The smallest absolute Gasteiger partial charge is 0.271 e. The lowest BCUT2D eigenvalue weighted by Crippen LogP contribution is -2.29. The van der Waals surface area contributed by atoms with E-state index in [1.807, 2.05) is 0 Å². The minimum absolute atomic E-state index is 0.140. The Morgan fingerprint density at radius 2 is 2.26 bits per heavy atom. The number of hydrogen-bond donors (Lipinski definition) is 3. The van der Waals surface area contributed by atoms with Gasteiger partial charge in [0.15, 0.2) is 0 Å². The molecule has 106 valence electrons. The monoisotopic (exact) mass is 286 g/mol. The molecular formula is C12H19ClN4O2. The van der Waals surface area contributed by atoms with Crippen LogP contribution in [0.1, 0.15) is 24.3 Å². The number of rotatable bonds is 7. The molecule has 19 heavy (non-hydrogen) atoms. The predicted molar refractivity (Wildman–Crippen MR) is 75.0 cm³/mol. The molecule has 7 heteroatoms. The molecule has 1 aromatic heterocycles. The van der Waals surface area contributed by atoms with E-state index in [0.29, 0.717) is 31.5 Å². The lowest BCUT2D eigenvalue weighted by molar-refractivity contribution is 0.0882. The first-order valence-electron chi connectivity index (χ1n) is 6.03. The van der Waals surface area contributed by atoms with Crippen LogP contribution in [0.5, 0.6) is 0 Å². The summed E-state index contributed by atoms with van der Waals surface area (Å²) < 4.78 is 5.36. The summed E-state index contributed by atoms with van der Waals surface area (Å²) in [6, 6.07) is 3.15. The van der Waals surface area contributed by atoms with Gasteiger partial charge in [0.2, 0.25) is 0 Å². The minimum atomic E-state index is -0.352. The number of nitrogen functional groups attached to an aromatic ring is 1. The molecule has 0 radical (unpaired) electrons. The van der Waals surface area contributed by atoms with Gasteiger partial charge in [-0.3, -0.25) is 4.79 Å². The molecule has 1 aromatic rings. The summed E-state index contributed by atoms with van der Waals surface area (Å²) >= 11 is 5.91. The zero-order valence-electron chi connectivity index (χ0n) is 11.1. The second kappa shape index (κ2) is 7.93. The second-order valence-corrected chi connectivity index (χ2v) is 4.80. The number of nitrogens with zero attached hydrogens (tertiary/aromatic N) is 1. The van der Waals surface area contributed by atoms with Gasteiger partial charge in [-0.25, -0.2) is 10.8 Å². The summed E-state index contributed by atoms with van der Waals surface area (Å²) in [6.45, 7) is 5.66. The maximum atomic E-state index is 11.8. The highest BCUT2D eigenvalue weighted by atomic mass is 35.5. The van der Waals surface area contributed by atoms with Crippen LogP contribution >= 0.6 is 11.6 Å². The van der Waals surface area contributed by atoms with Crippen molar-refractivity contribution < 1.29 is 9.53 Å². The first kappa shape index (κ1) is 15.7. The molecule has 0 fully saturated rings. The van der Waals surface area contributed by atoms with Gasteiger partial charge in [-0.05, 0) is 18.1 Å². The lowest BCUT2D eigenvalue weighted by atomic mass is 10.2. The minimum Gasteiger partial charge on any atom is -0.379 e. The number of carbonyl (C=O) groups excluding carboxylic acids is 1. The highest BCUT2D eigenvalue weighted by Gasteiger charge is 2.12. The number of nitrogens with one attached hydrogen (secondary N) is 2. The Hall–Kier alpha value is -1.37. The number of carbonyl (C=O) groups is 1. The van der Waals surface area contributed by atoms with Crippen LogP contribution in [0, 0.1) is 5.92 Å². The molecule has 1 amide bonds. The Bertz CT molecular complexity index is 426. The molecule has 1 heterocycles. The van der Waals surface area contributed by atoms with Gasteiger partial charge in [-0.1, -0.05) is 25.4 Å². The Morgan fingerprint density at radius 1 is 1.53 bits per heavy atom. The average Bonchev–Trinajstić information content (AvgIpc) is 2.38. The van der Waals surface area contributed by atoms with Crippen LogP contribution in [0.2, 0.25) is 5.02 Å². The first-order valence-corrected chi connectivity index (χ1v) is 6.41. The maximum Gasteiger partial charge on any atom is 0.271 e. The molecule has 0 aliphatic carbocycles. The molecule has 0 aliphatic rings. The zero-order chi connectivity index (χ0) is 14.3. The van der Waals surface area contributed by atoms with Gasteiger partial charge in [0.05, 0.1) is 11.6 Å². The molecular weight excluding hydrogens is 268 g/mol. The molecule has 0 atom stereocenters. The topological polar surface area (TPSA) is 89.3 Å². The van der Waals surface area contributed by atoms with Gasteiger partial charge in [0, 0.05) is 13.2 Å². The summed E-state index contributed by atoms with van der Waals surface area (Å²) in [5.74, 6) is 5.73. The van der Waals surface area contributed by atoms with Gasteiger partial charge >= 0.3 is 0 Å². The quantitative estimate of drug-likeness (QED) is 0.401. The largest absolute Gasteiger partial charge is 0.379 e. The number of nitrogens with two attached hydrogens (primary N) is 1. The van der Waals surface area contributed by atoms with E-state index in [2.05, 4.69) is 29.6 Å². The van der Waals surface area contributed by atoms with E-state index < -0.39 is 0 Å². The number of hydrogen-bond acceptors (Lipinski definition) is 5. The van der Waals surface area contributed by atoms with E-state index in [9.17, 15) is 4.79 Å². The molecule has 0 unspecified atom stereocenters. The Balaban J connectivity index is 2.45. The van der Waals surface area contributed by atoms with Gasteiger partial charge in [0.25, 0.3) is 5.91 Å². The van der Waals surface area contributed by atoms with Crippen molar-refractivity contribution in [2.75, 3.05) is 25.2 Å². The summed E-state index contributed by atoms with van der Waals surface area (Å²) in [7, 11) is 0. The molecule has 0 spiro atoms. The van der Waals surface area contributed by atoms with Crippen molar-refractivity contribution in [2.24, 2.45) is 11.8 Å². The summed E-state index contributed by atoms with van der Waals surface area (Å²) in [5.41, 5.74) is 2.50. The number of ether oxygens (including phenoxy) is 1. The Morgan fingerprint density at radius 3 is 2.89 bits per heavy atom. The molecule has 4 N–H and O–H groups in total. The van der Waals surface area contributed by atoms with Gasteiger partial charge in [0.1, 0.15) is 11.5 Å². The number of anilines is 1. The number of amides is 1. The third kappa shape index (κ3) is 5.42. The number of pyridine rings is 1. The highest BCUT2D eigenvalue weighted by molar-refractivity contribution is 6.33. The standard InChI is InChI=1S/C12H19ClN4O2/c1-8(2)7-19-6-5-15-12(18)11-9(13)3-4-10(16-11)17-14/h3-4,8H,5-7,14H2,1-2H3,(H,15,18)(H,16,17). The van der Waals surface area contributed by atoms with Crippen LogP contribution in [0.25, 0.3) is 0 Å². The predicted octanol–water partition coefficient (Wildman–Crippen LogP) is 1.42. The Kier molecular flexibility index (Phi) is 6.55. The SMILES string of the molecule is CC(C)COCCNC(=O)c1nc(NN)ccc1Cl. The van der Waals surface area contributed by atoms with Crippen molar-refractivity contribution >= 4 is 23.3 Å². The summed E-state index contributed by atoms with van der Waals surface area (Å²) in [5, 5.41) is 2.96. The average molecular weight is 287 g/mol. The number of hydrazine groups is 1. The van der Waals surface area contributed by atoms with E-state index in [-0.39, 0.29) is 16.6 Å². The third-order valence-corrected chi connectivity index (χ3v) is 2.50. The van der Waals surface area contributed by atoms with Crippen molar-refractivity contribution in [3.63, 3.8) is 0 Å². The van der Waals surface area contributed by atoms with Crippen LogP contribution < -0.4 is 16.6 Å². The van der Waals surface area contributed by atoms with Crippen molar-refractivity contribution in [1.29, 1.82) is 0 Å². The van der Waals surface area contributed by atoms with E-state index in [0.717, 1.165) is 0 Å². The Labute approximate surface area is 117 Å². The van der Waals surface area contributed by atoms with E-state index >= 15 is 0 Å². The number of halogens is 1. The van der Waals surface area contributed by atoms with Gasteiger partial charge < -0.3 is 15.5 Å². The van der Waals surface area contributed by atoms with Crippen LogP contribution in [-0.2, 0) is 4.74 Å². The van der Waals surface area contributed by atoms with E-state index in [1.54, 1.807) is 12.1 Å². The van der Waals surface area contributed by atoms with Crippen LogP contribution in [-0.4, -0.2) is 30.6 Å². The normalized spacial score (nSPS) is 10.6. The van der Waals surface area contributed by atoms with E-state index in [1.165, 1.54) is 0 Å². The molecule has 0 bridgehead atoms. The fourth-order valence-corrected chi connectivity index (χ4v) is 1.51. The molecule has 1 rings (SSSR count). The fourth-order valence-electron chi connectivity index (χ4n) is 1.32. The first-order chi connectivity index (χ1) is 9.04. The van der Waals surface area contributed by atoms with Crippen molar-refractivity contribution in [2.45, 2.75) is 13.8 Å². The highest BCUT2D eigenvalue weighted by Crippen LogP contribution is 2.15. The molecule has 0 saturated heterocycles. The van der Waals surface area contributed by atoms with Crippen molar-refractivity contribution in [3.8, 4) is 0 Å². The third-order valence-electron chi connectivity index (χ3n) is 2.19. The fraction of sp³-hybridized carbons (Fsp3) is 0.500. The van der Waals surface area contributed by atoms with Gasteiger partial charge in [-0.15, -0.1) is 0 Å². The molecule has 0 saturated carbocycles. The zero-order valence-corrected chi connectivity index (χ0v) is 11.8. The summed E-state index contributed by atoms with van der Waals surface area (Å²) in [6.07, 6.45) is 0. The van der Waals surface area contributed by atoms with Gasteiger partial charge in [-0.2, -0.15) is 0 Å². The molecule has 6 nitrogen and oxygen atoms in total. The van der Waals surface area contributed by atoms with Crippen molar-refractivity contribution in [1.82, 2.24) is 10.3 Å². The lowest BCUT2D eigenvalue weighted by Gasteiger charge is -2.09. The maximum absolute atomic E-state index is 11.8. The second-order valence-electron chi connectivity index (χ2n) is 4.40.